The Morgan fingerprint density at radius 1 is 0.530 bits per heavy atom. The number of carbonyl (C=O) groups excluding carboxylic acids is 6. The Kier molecular flexibility index (Phi) is 18.1. The number of ether oxygens (including phenoxy) is 2. The Morgan fingerprint density at radius 2 is 0.985 bits per heavy atom. The Hall–Kier alpha value is -6.43. The van der Waals surface area contributed by atoms with Crippen molar-refractivity contribution in [3.8, 4) is 11.5 Å². The van der Waals surface area contributed by atoms with Crippen molar-refractivity contribution in [1.29, 1.82) is 0 Å². The molecule has 4 amide bonds. The molecule has 0 saturated heterocycles. The lowest BCUT2D eigenvalue weighted by atomic mass is 10.1. The number of methoxy groups -OCH3 is 2. The summed E-state index contributed by atoms with van der Waals surface area (Å²) in [5.74, 6) is -3.16. The first-order chi connectivity index (χ1) is 31.6. The number of ketones is 2. The molecule has 0 aliphatic rings. The summed E-state index contributed by atoms with van der Waals surface area (Å²) in [7, 11) is 2.90. The maximum atomic E-state index is 13.4. The zero-order valence-corrected chi connectivity index (χ0v) is 39.2. The van der Waals surface area contributed by atoms with Gasteiger partial charge in [-0.2, -0.15) is 20.5 Å². The standard InChI is InChI=1S/C45H39Cl5N8O8/c1-23(59)40(57-55-29-7-10-33(49)31(18-29)42(61)53-36-15-25(20-46)5-13-38(36)65-3)44(63)51-28-9-12-35(27(17-28)22-48)52-45(64)41(24(2)60)58-56-30-8-11-34(50)32(19-30)43(62)54-37-16-26(21-47)6-14-39(37)66-4/h5-19,40-41H,20-22H2,1-4H3,(H,51,63)(H,52,64)(H,53,61)(H,54,62). The Bertz CT molecular complexity index is 2750. The van der Waals surface area contributed by atoms with E-state index < -0.39 is 47.3 Å². The van der Waals surface area contributed by atoms with Crippen molar-refractivity contribution in [2.24, 2.45) is 20.5 Å². The van der Waals surface area contributed by atoms with E-state index in [1.165, 1.54) is 68.8 Å². The molecule has 0 aliphatic heterocycles. The highest BCUT2D eigenvalue weighted by Crippen LogP contribution is 2.32. The number of rotatable bonds is 19. The van der Waals surface area contributed by atoms with Crippen LogP contribution in [0.4, 0.5) is 34.1 Å². The molecule has 5 rings (SSSR count). The average molecular weight is 997 g/mol. The third-order valence-electron chi connectivity index (χ3n) is 9.34. The number of benzene rings is 5. The van der Waals surface area contributed by atoms with Crippen LogP contribution in [0.1, 0.15) is 51.3 Å². The summed E-state index contributed by atoms with van der Waals surface area (Å²) < 4.78 is 10.7. The van der Waals surface area contributed by atoms with Crippen molar-refractivity contribution in [3.63, 3.8) is 0 Å². The number of nitrogens with zero attached hydrogens (tertiary/aromatic N) is 4. The number of hydrogen-bond acceptors (Lipinski definition) is 12. The fourth-order valence-corrected chi connectivity index (χ4v) is 6.91. The van der Waals surface area contributed by atoms with E-state index in [0.717, 1.165) is 25.0 Å². The number of azo groups is 2. The minimum atomic E-state index is -1.62. The molecule has 4 N–H and O–H groups in total. The molecular weight excluding hydrogens is 958 g/mol. The molecule has 0 bridgehead atoms. The number of carbonyl (C=O) groups is 6. The topological polar surface area (TPSA) is 218 Å². The molecule has 66 heavy (non-hydrogen) atoms. The number of nitrogens with one attached hydrogen (secondary N) is 4. The number of anilines is 4. The minimum Gasteiger partial charge on any atom is -0.495 e. The molecule has 21 heteroatoms. The van der Waals surface area contributed by atoms with Crippen molar-refractivity contribution in [1.82, 2.24) is 0 Å². The lowest BCUT2D eigenvalue weighted by Gasteiger charge is -2.15. The quantitative estimate of drug-likeness (QED) is 0.0353. The zero-order chi connectivity index (χ0) is 48.1. The second kappa shape index (κ2) is 23.7. The van der Waals surface area contributed by atoms with Gasteiger partial charge in [-0.3, -0.25) is 28.8 Å². The maximum absolute atomic E-state index is 13.4. The van der Waals surface area contributed by atoms with Crippen LogP contribution in [0.2, 0.25) is 10.0 Å². The van der Waals surface area contributed by atoms with E-state index in [-0.39, 0.29) is 61.6 Å². The van der Waals surface area contributed by atoms with Gasteiger partial charge in [0.1, 0.15) is 11.5 Å². The average Bonchev–Trinajstić information content (AvgIpc) is 3.30. The second-order valence-corrected chi connectivity index (χ2v) is 15.6. The van der Waals surface area contributed by atoms with Gasteiger partial charge in [0.25, 0.3) is 23.6 Å². The molecule has 2 unspecified atom stereocenters. The summed E-state index contributed by atoms with van der Waals surface area (Å²) in [6.45, 7) is 2.31. The highest BCUT2D eigenvalue weighted by atomic mass is 35.5. The Balaban J connectivity index is 1.26. The molecule has 0 heterocycles. The number of alkyl halides is 3. The summed E-state index contributed by atoms with van der Waals surface area (Å²) in [5, 5.41) is 26.9. The van der Waals surface area contributed by atoms with E-state index in [4.69, 9.17) is 67.5 Å². The normalized spacial score (nSPS) is 12.0. The van der Waals surface area contributed by atoms with Gasteiger partial charge in [-0.05, 0) is 109 Å². The smallest absolute Gasteiger partial charge is 0.258 e. The van der Waals surface area contributed by atoms with Gasteiger partial charge in [-0.1, -0.05) is 35.3 Å². The highest BCUT2D eigenvalue weighted by Gasteiger charge is 2.26. The Morgan fingerprint density at radius 3 is 1.39 bits per heavy atom. The van der Waals surface area contributed by atoms with Crippen molar-refractivity contribution in [2.75, 3.05) is 35.5 Å². The largest absolute Gasteiger partial charge is 0.495 e. The van der Waals surface area contributed by atoms with Crippen LogP contribution in [0.25, 0.3) is 0 Å². The van der Waals surface area contributed by atoms with Crippen molar-refractivity contribution >= 4 is 127 Å². The first kappa shape index (κ1) is 50.6. The van der Waals surface area contributed by atoms with E-state index in [0.29, 0.717) is 28.4 Å². The monoisotopic (exact) mass is 994 g/mol. The minimum absolute atomic E-state index is 0.0248. The first-order valence-electron chi connectivity index (χ1n) is 19.4. The zero-order valence-electron chi connectivity index (χ0n) is 35.4. The fraction of sp³-hybridized carbons (Fsp3) is 0.200. The van der Waals surface area contributed by atoms with Crippen LogP contribution in [-0.4, -0.2) is 61.5 Å². The van der Waals surface area contributed by atoms with Crippen LogP contribution in [0.15, 0.2) is 111 Å². The van der Waals surface area contributed by atoms with Gasteiger partial charge in [0.05, 0.1) is 58.1 Å². The molecule has 2 atom stereocenters. The van der Waals surface area contributed by atoms with Gasteiger partial charge in [-0.15, -0.1) is 34.8 Å². The summed E-state index contributed by atoms with van der Waals surface area (Å²) in [6.07, 6.45) is 0. The lowest BCUT2D eigenvalue weighted by Crippen LogP contribution is -2.32. The van der Waals surface area contributed by atoms with Crippen LogP contribution >= 0.6 is 58.0 Å². The summed E-state index contributed by atoms with van der Waals surface area (Å²) in [6, 6.07) is 19.6. The molecule has 5 aromatic rings. The molecule has 0 fully saturated rings. The van der Waals surface area contributed by atoms with Crippen molar-refractivity contribution in [3.05, 3.63) is 129 Å². The van der Waals surface area contributed by atoms with Gasteiger partial charge in [0, 0.05) is 29.0 Å². The summed E-state index contributed by atoms with van der Waals surface area (Å²) in [5.41, 5.74) is 3.16. The molecule has 0 radical (unpaired) electrons. The van der Waals surface area contributed by atoms with Gasteiger partial charge in [-0.25, -0.2) is 0 Å². The molecule has 5 aromatic carbocycles. The van der Waals surface area contributed by atoms with Crippen molar-refractivity contribution < 1.29 is 38.2 Å². The third-order valence-corrected chi connectivity index (χ3v) is 10.9. The highest BCUT2D eigenvalue weighted by molar-refractivity contribution is 6.35. The van der Waals surface area contributed by atoms with E-state index >= 15 is 0 Å². The van der Waals surface area contributed by atoms with Gasteiger partial charge < -0.3 is 30.7 Å². The second-order valence-electron chi connectivity index (χ2n) is 14.0. The van der Waals surface area contributed by atoms with E-state index in [2.05, 4.69) is 41.7 Å². The number of Topliss-reactive ketones (excluding diaryl/α,β-unsaturated/α-hetero) is 2. The molecule has 16 nitrogen and oxygen atoms in total. The number of halogens is 5. The van der Waals surface area contributed by atoms with Crippen LogP contribution in [0.3, 0.4) is 0 Å². The lowest BCUT2D eigenvalue weighted by molar-refractivity contribution is -0.127. The van der Waals surface area contributed by atoms with Crippen LogP contribution in [-0.2, 0) is 36.8 Å². The van der Waals surface area contributed by atoms with E-state index in [1.807, 2.05) is 0 Å². The first-order valence-corrected chi connectivity index (χ1v) is 21.8. The number of hydrogen-bond donors (Lipinski definition) is 4. The van der Waals surface area contributed by atoms with Crippen LogP contribution in [0, 0.1) is 0 Å². The van der Waals surface area contributed by atoms with Gasteiger partial charge in [0.2, 0.25) is 12.1 Å². The fourth-order valence-electron chi connectivity index (χ4n) is 5.95. The van der Waals surface area contributed by atoms with Crippen LogP contribution in [0.5, 0.6) is 11.5 Å². The summed E-state index contributed by atoms with van der Waals surface area (Å²) in [4.78, 5) is 78.5. The number of amides is 4. The third kappa shape index (κ3) is 13.1. The SMILES string of the molecule is COc1ccc(CCl)cc1NC(=O)c1cc(N=NC(C(C)=O)C(=O)Nc2ccc(NC(=O)C(N=Nc3ccc(Cl)c(C(=O)Nc4cc(CCl)ccc4OC)c3)C(C)=O)c(CCl)c2)ccc1Cl. The summed E-state index contributed by atoms with van der Waals surface area (Å²) >= 11 is 30.8. The molecule has 0 spiro atoms. The molecule has 342 valence electrons. The van der Waals surface area contributed by atoms with Crippen molar-refractivity contribution in [2.45, 2.75) is 43.6 Å². The molecule has 0 aromatic heterocycles. The van der Waals surface area contributed by atoms with E-state index in [9.17, 15) is 28.8 Å². The van der Waals surface area contributed by atoms with Gasteiger partial charge in [0.15, 0.2) is 11.6 Å². The molecule has 0 aliphatic carbocycles. The van der Waals surface area contributed by atoms with Crippen LogP contribution < -0.4 is 30.7 Å². The predicted molar refractivity (Wildman–Crippen MR) is 255 cm³/mol. The van der Waals surface area contributed by atoms with E-state index in [1.54, 1.807) is 36.4 Å². The molecular formula is C45H39Cl5N8O8. The molecule has 0 saturated carbocycles. The Labute approximate surface area is 403 Å². The van der Waals surface area contributed by atoms with Gasteiger partial charge >= 0.3 is 0 Å². The predicted octanol–water partition coefficient (Wildman–Crippen LogP) is 11.1. The maximum Gasteiger partial charge on any atom is 0.258 e.